The maximum absolute atomic E-state index is 10.7. The summed E-state index contributed by atoms with van der Waals surface area (Å²) in [6.07, 6.45) is 5.45. The van der Waals surface area contributed by atoms with E-state index in [0.717, 1.165) is 19.4 Å². The maximum Gasteiger partial charge on any atom is 0.406 e. The third-order valence-electron chi connectivity index (χ3n) is 1.79. The number of ether oxygens (including phenoxy) is 1. The first-order valence-electron chi connectivity index (χ1n) is 4.33. The van der Waals surface area contributed by atoms with E-state index in [0.29, 0.717) is 6.54 Å². The number of nitrogens with zero attached hydrogens (tertiary/aromatic N) is 1. The Morgan fingerprint density at radius 2 is 2.62 bits per heavy atom. The van der Waals surface area contributed by atoms with E-state index in [4.69, 9.17) is 0 Å². The van der Waals surface area contributed by atoms with Crippen molar-refractivity contribution >= 4 is 12.3 Å². The molecule has 0 radical (unpaired) electrons. The Kier molecular flexibility index (Phi) is 4.02. The fourth-order valence-corrected chi connectivity index (χ4v) is 1.11. The van der Waals surface area contributed by atoms with Crippen LogP contribution in [0.1, 0.15) is 12.8 Å². The summed E-state index contributed by atoms with van der Waals surface area (Å²) in [6, 6.07) is 0. The van der Waals surface area contributed by atoms with Crippen molar-refractivity contribution < 1.29 is 9.53 Å². The first kappa shape index (κ1) is 9.77. The molecule has 1 heterocycles. The standard InChI is InChI=1S/C9H14N2O2/c1-13-9(12)11-6-4-8-3-2-5-10-7-8/h3,7H,2,4-6H2,1H3,(H,11,12). The van der Waals surface area contributed by atoms with Gasteiger partial charge >= 0.3 is 6.09 Å². The van der Waals surface area contributed by atoms with E-state index >= 15 is 0 Å². The summed E-state index contributed by atoms with van der Waals surface area (Å²) in [5.41, 5.74) is 1.18. The average Bonchev–Trinajstić information content (AvgIpc) is 2.19. The summed E-state index contributed by atoms with van der Waals surface area (Å²) >= 11 is 0. The topological polar surface area (TPSA) is 50.7 Å². The van der Waals surface area contributed by atoms with Crippen LogP contribution in [0.4, 0.5) is 4.79 Å². The predicted octanol–water partition coefficient (Wildman–Crippen LogP) is 1.13. The summed E-state index contributed by atoms with van der Waals surface area (Å²) < 4.78 is 4.44. The molecule has 0 saturated carbocycles. The van der Waals surface area contributed by atoms with Crippen LogP contribution in [0, 0.1) is 0 Å². The second kappa shape index (κ2) is 5.35. The van der Waals surface area contributed by atoms with Crippen LogP contribution < -0.4 is 5.32 Å². The first-order valence-corrected chi connectivity index (χ1v) is 4.33. The van der Waals surface area contributed by atoms with Crippen molar-refractivity contribution in [3.63, 3.8) is 0 Å². The van der Waals surface area contributed by atoms with Crippen molar-refractivity contribution in [1.82, 2.24) is 5.32 Å². The highest BCUT2D eigenvalue weighted by Gasteiger charge is 2.00. The van der Waals surface area contributed by atoms with Gasteiger partial charge in [0.1, 0.15) is 0 Å². The van der Waals surface area contributed by atoms with Gasteiger partial charge in [0.05, 0.1) is 7.11 Å². The molecule has 0 atom stereocenters. The Hall–Kier alpha value is -1.32. The number of hydrogen-bond acceptors (Lipinski definition) is 3. The van der Waals surface area contributed by atoms with Crippen LogP contribution in [0.25, 0.3) is 0 Å². The number of dihydropyridines is 1. The van der Waals surface area contributed by atoms with Gasteiger partial charge in [-0.3, -0.25) is 4.99 Å². The van der Waals surface area contributed by atoms with Crippen LogP contribution in [0.15, 0.2) is 16.6 Å². The highest BCUT2D eigenvalue weighted by atomic mass is 16.5. The molecule has 1 aliphatic rings. The number of nitrogens with one attached hydrogen (secondary N) is 1. The Bertz CT molecular complexity index is 234. The van der Waals surface area contributed by atoms with Crippen LogP contribution in [0.2, 0.25) is 0 Å². The summed E-state index contributed by atoms with van der Waals surface area (Å²) in [6.45, 7) is 1.48. The molecule has 0 unspecified atom stereocenters. The Labute approximate surface area is 77.7 Å². The van der Waals surface area contributed by atoms with Crippen molar-refractivity contribution in [3.05, 3.63) is 11.6 Å². The number of methoxy groups -OCH3 is 1. The lowest BCUT2D eigenvalue weighted by molar-refractivity contribution is 0.171. The molecule has 0 spiro atoms. The average molecular weight is 182 g/mol. The van der Waals surface area contributed by atoms with Gasteiger partial charge in [-0.25, -0.2) is 4.79 Å². The molecule has 0 aromatic heterocycles. The zero-order chi connectivity index (χ0) is 9.52. The van der Waals surface area contributed by atoms with E-state index < -0.39 is 0 Å². The SMILES string of the molecule is COC(=O)NCCC1=CCCN=C1. The second-order valence-electron chi connectivity index (χ2n) is 2.77. The van der Waals surface area contributed by atoms with E-state index in [-0.39, 0.29) is 6.09 Å². The molecule has 1 rings (SSSR count). The Balaban J connectivity index is 2.15. The lowest BCUT2D eigenvalue weighted by Gasteiger charge is -2.06. The fraction of sp³-hybridized carbons (Fsp3) is 0.556. The number of carbonyl (C=O) groups is 1. The van der Waals surface area contributed by atoms with Crippen molar-refractivity contribution in [2.45, 2.75) is 12.8 Å². The van der Waals surface area contributed by atoms with Gasteiger partial charge in [-0.05, 0) is 18.4 Å². The zero-order valence-electron chi connectivity index (χ0n) is 7.75. The maximum atomic E-state index is 10.7. The minimum atomic E-state index is -0.381. The molecule has 1 N–H and O–H groups in total. The number of aliphatic imine (C=N–C) groups is 1. The molecular formula is C9H14N2O2. The molecule has 4 nitrogen and oxygen atoms in total. The molecule has 4 heteroatoms. The third kappa shape index (κ3) is 3.73. The number of amides is 1. The van der Waals surface area contributed by atoms with E-state index in [1.807, 2.05) is 6.21 Å². The number of rotatable bonds is 3. The Morgan fingerprint density at radius 1 is 1.77 bits per heavy atom. The second-order valence-corrected chi connectivity index (χ2v) is 2.77. The van der Waals surface area contributed by atoms with Gasteiger partial charge in [-0.1, -0.05) is 6.08 Å². The molecule has 1 amide bonds. The number of alkyl carbamates (subject to hydrolysis) is 1. The molecule has 1 aliphatic heterocycles. The monoisotopic (exact) mass is 182 g/mol. The quantitative estimate of drug-likeness (QED) is 0.711. The number of carbonyl (C=O) groups excluding carboxylic acids is 1. The molecule has 0 saturated heterocycles. The largest absolute Gasteiger partial charge is 0.453 e. The molecule has 0 fully saturated rings. The minimum Gasteiger partial charge on any atom is -0.453 e. The highest BCUT2D eigenvalue weighted by Crippen LogP contribution is 2.04. The van der Waals surface area contributed by atoms with Crippen LogP contribution in [0.5, 0.6) is 0 Å². The molecule has 0 bridgehead atoms. The van der Waals surface area contributed by atoms with Crippen LogP contribution in [-0.2, 0) is 4.74 Å². The summed E-state index contributed by atoms with van der Waals surface area (Å²) in [4.78, 5) is 14.8. The smallest absolute Gasteiger partial charge is 0.406 e. The first-order chi connectivity index (χ1) is 6.33. The van der Waals surface area contributed by atoms with Crippen LogP contribution in [0.3, 0.4) is 0 Å². The third-order valence-corrected chi connectivity index (χ3v) is 1.79. The molecular weight excluding hydrogens is 168 g/mol. The van der Waals surface area contributed by atoms with Gasteiger partial charge < -0.3 is 10.1 Å². The van der Waals surface area contributed by atoms with Gasteiger partial charge in [0.2, 0.25) is 0 Å². The molecule has 72 valence electrons. The normalized spacial score (nSPS) is 15.0. The summed E-state index contributed by atoms with van der Waals surface area (Å²) in [5.74, 6) is 0. The van der Waals surface area contributed by atoms with Gasteiger partial charge in [0.25, 0.3) is 0 Å². The fourth-order valence-electron chi connectivity index (χ4n) is 1.11. The van der Waals surface area contributed by atoms with Crippen molar-refractivity contribution in [2.75, 3.05) is 20.2 Å². The zero-order valence-corrected chi connectivity index (χ0v) is 7.75. The summed E-state index contributed by atoms with van der Waals surface area (Å²) in [5, 5.41) is 2.62. The van der Waals surface area contributed by atoms with Crippen molar-refractivity contribution in [1.29, 1.82) is 0 Å². The van der Waals surface area contributed by atoms with E-state index in [9.17, 15) is 4.79 Å². The molecule has 13 heavy (non-hydrogen) atoms. The Morgan fingerprint density at radius 3 is 3.23 bits per heavy atom. The van der Waals surface area contributed by atoms with Crippen LogP contribution >= 0.6 is 0 Å². The van der Waals surface area contributed by atoms with Gasteiger partial charge in [0.15, 0.2) is 0 Å². The lowest BCUT2D eigenvalue weighted by Crippen LogP contribution is -2.24. The van der Waals surface area contributed by atoms with Gasteiger partial charge in [-0.15, -0.1) is 0 Å². The van der Waals surface area contributed by atoms with Gasteiger partial charge in [-0.2, -0.15) is 0 Å². The van der Waals surface area contributed by atoms with Crippen LogP contribution in [-0.4, -0.2) is 32.5 Å². The molecule has 0 aromatic rings. The van der Waals surface area contributed by atoms with E-state index in [2.05, 4.69) is 21.1 Å². The lowest BCUT2D eigenvalue weighted by atomic mass is 10.1. The summed E-state index contributed by atoms with van der Waals surface area (Å²) in [7, 11) is 1.36. The van der Waals surface area contributed by atoms with Gasteiger partial charge in [0, 0.05) is 19.3 Å². The predicted molar refractivity (Wildman–Crippen MR) is 51.1 cm³/mol. The molecule has 0 aromatic carbocycles. The van der Waals surface area contributed by atoms with E-state index in [1.54, 1.807) is 0 Å². The van der Waals surface area contributed by atoms with Crippen molar-refractivity contribution in [3.8, 4) is 0 Å². The highest BCUT2D eigenvalue weighted by molar-refractivity contribution is 5.79. The number of hydrogen-bond donors (Lipinski definition) is 1. The van der Waals surface area contributed by atoms with Crippen molar-refractivity contribution in [2.24, 2.45) is 4.99 Å². The molecule has 0 aliphatic carbocycles. The minimum absolute atomic E-state index is 0.381. The van der Waals surface area contributed by atoms with E-state index in [1.165, 1.54) is 12.7 Å².